The van der Waals surface area contributed by atoms with Gasteiger partial charge in [-0.2, -0.15) is 0 Å². The van der Waals surface area contributed by atoms with Crippen LogP contribution >= 0.6 is 23.2 Å². The van der Waals surface area contributed by atoms with Crippen LogP contribution in [0.3, 0.4) is 0 Å². The first-order valence-corrected chi connectivity index (χ1v) is 17.8. The van der Waals surface area contributed by atoms with Crippen LogP contribution in [0, 0.1) is 0 Å². The minimum atomic E-state index is -3.85. The monoisotopic (exact) mass is 725 g/mol. The lowest BCUT2D eigenvalue weighted by atomic mass is 9.85. The molecule has 0 aliphatic carbocycles. The highest BCUT2D eigenvalue weighted by Gasteiger charge is 2.54. The summed E-state index contributed by atoms with van der Waals surface area (Å²) in [6.07, 6.45) is -0.907. The topological polar surface area (TPSA) is 145 Å². The highest BCUT2D eigenvalue weighted by Crippen LogP contribution is 2.45. The van der Waals surface area contributed by atoms with Gasteiger partial charge in [0.25, 0.3) is 5.91 Å². The average molecular weight is 727 g/mol. The van der Waals surface area contributed by atoms with Gasteiger partial charge in [0.15, 0.2) is 33.0 Å². The van der Waals surface area contributed by atoms with Gasteiger partial charge in [-0.05, 0) is 66.2 Å². The fourth-order valence-corrected chi connectivity index (χ4v) is 7.38. The molecule has 0 saturated carbocycles. The predicted molar refractivity (Wildman–Crippen MR) is 184 cm³/mol. The molecule has 256 valence electrons. The third-order valence-electron chi connectivity index (χ3n) is 8.06. The molecular formula is C35H33Cl2N3O8S. The summed E-state index contributed by atoms with van der Waals surface area (Å²) in [5.74, 6) is 0.843. The van der Waals surface area contributed by atoms with Crippen LogP contribution in [-0.2, 0) is 25.9 Å². The highest BCUT2D eigenvalue weighted by atomic mass is 35.5. The standard InChI is InChI=1S/C35H33Cl2N3O8S/c36-25-10-13-28(29(37)20-25)32-35(15-18-49(43,44)27-5-2-1-3-6-27,34(42)40-38-21-23-7-14-30-31(19-23)47-22-46-30)39-33(48-32)24-8-11-26(12-9-24)45-17-4-16-41/h1-3,5-14,19-20,32,38,41H,4,15-18,21-22H2,(H,40,42)/t32-,35-/m0/s1. The van der Waals surface area contributed by atoms with Gasteiger partial charge in [0.2, 0.25) is 12.7 Å². The number of sulfone groups is 1. The maximum Gasteiger partial charge on any atom is 0.266 e. The van der Waals surface area contributed by atoms with Crippen molar-refractivity contribution in [3.63, 3.8) is 0 Å². The number of hydrogen-bond acceptors (Lipinski definition) is 10. The van der Waals surface area contributed by atoms with Crippen molar-refractivity contribution in [1.82, 2.24) is 10.9 Å². The number of fused-ring (bicyclic) bond motifs is 1. The lowest BCUT2D eigenvalue weighted by Gasteiger charge is -2.31. The predicted octanol–water partition coefficient (Wildman–Crippen LogP) is 5.43. The van der Waals surface area contributed by atoms with Crippen LogP contribution in [0.25, 0.3) is 0 Å². The molecule has 0 radical (unpaired) electrons. The molecule has 0 spiro atoms. The first-order valence-electron chi connectivity index (χ1n) is 15.4. The molecule has 2 aliphatic rings. The highest BCUT2D eigenvalue weighted by molar-refractivity contribution is 7.91. The van der Waals surface area contributed by atoms with Crippen molar-refractivity contribution < 1.29 is 37.3 Å². The van der Waals surface area contributed by atoms with Crippen molar-refractivity contribution in [2.75, 3.05) is 25.8 Å². The molecule has 0 aromatic heterocycles. The first kappa shape index (κ1) is 34.5. The summed E-state index contributed by atoms with van der Waals surface area (Å²) in [5, 5.41) is 9.66. The quantitative estimate of drug-likeness (QED) is 0.115. The number of halogens is 2. The van der Waals surface area contributed by atoms with Crippen molar-refractivity contribution >= 4 is 44.8 Å². The largest absolute Gasteiger partial charge is 0.494 e. The molecule has 2 heterocycles. The Morgan fingerprint density at radius 2 is 1.76 bits per heavy atom. The number of nitrogens with zero attached hydrogens (tertiary/aromatic N) is 1. The van der Waals surface area contributed by atoms with E-state index in [4.69, 9.17) is 52.2 Å². The van der Waals surface area contributed by atoms with Gasteiger partial charge in [-0.1, -0.05) is 53.5 Å². The Kier molecular flexibility index (Phi) is 10.6. The lowest BCUT2D eigenvalue weighted by molar-refractivity contribution is -0.130. The van der Waals surface area contributed by atoms with E-state index in [0.717, 1.165) is 5.56 Å². The van der Waals surface area contributed by atoms with E-state index in [0.29, 0.717) is 46.4 Å². The summed E-state index contributed by atoms with van der Waals surface area (Å²) in [5.41, 5.74) is 5.62. The molecule has 4 aromatic carbocycles. The van der Waals surface area contributed by atoms with Gasteiger partial charge in [-0.25, -0.2) is 18.8 Å². The number of aliphatic hydroxyl groups is 1. The van der Waals surface area contributed by atoms with Crippen LogP contribution in [0.1, 0.15) is 35.6 Å². The second-order valence-corrected chi connectivity index (χ2v) is 14.3. The number of hydrogen-bond donors (Lipinski definition) is 3. The molecule has 3 N–H and O–H groups in total. The summed E-state index contributed by atoms with van der Waals surface area (Å²) in [4.78, 5) is 19.4. The smallest absolute Gasteiger partial charge is 0.266 e. The van der Waals surface area contributed by atoms with Crippen LogP contribution in [-0.4, -0.2) is 56.6 Å². The molecule has 6 rings (SSSR count). The van der Waals surface area contributed by atoms with Crippen LogP contribution in [0.4, 0.5) is 0 Å². The second kappa shape index (κ2) is 15.1. The van der Waals surface area contributed by atoms with Crippen LogP contribution in [0.5, 0.6) is 17.2 Å². The van der Waals surface area contributed by atoms with E-state index in [2.05, 4.69) is 10.9 Å². The Balaban J connectivity index is 1.35. The molecule has 1 amide bonds. The Morgan fingerprint density at radius 3 is 2.51 bits per heavy atom. The molecular weight excluding hydrogens is 693 g/mol. The van der Waals surface area contributed by atoms with E-state index >= 15 is 0 Å². The van der Waals surface area contributed by atoms with Gasteiger partial charge in [-0.3, -0.25) is 10.2 Å². The molecule has 0 unspecified atom stereocenters. The van der Waals surface area contributed by atoms with Crippen LogP contribution in [0.15, 0.2) is 101 Å². The van der Waals surface area contributed by atoms with Gasteiger partial charge in [0.05, 0.1) is 17.3 Å². The number of carbonyl (C=O) groups is 1. The second-order valence-electron chi connectivity index (χ2n) is 11.3. The molecule has 14 heteroatoms. The SMILES string of the molecule is O=C(NNCc1ccc2c(c1)OCO2)[C@@]1(CCS(=O)(=O)c2ccccc2)N=C(c2ccc(OCCCO)cc2)O[C@H]1c1ccc(Cl)cc1Cl. The van der Waals surface area contributed by atoms with E-state index in [1.54, 1.807) is 66.7 Å². The number of nitrogens with one attached hydrogen (secondary N) is 2. The van der Waals surface area contributed by atoms with Gasteiger partial charge in [0.1, 0.15) is 5.75 Å². The van der Waals surface area contributed by atoms with E-state index in [1.165, 1.54) is 18.2 Å². The Bertz CT molecular complexity index is 1940. The summed E-state index contributed by atoms with van der Waals surface area (Å²) >= 11 is 12.9. The van der Waals surface area contributed by atoms with Crippen molar-refractivity contribution in [2.45, 2.75) is 35.9 Å². The van der Waals surface area contributed by atoms with Gasteiger partial charge < -0.3 is 24.1 Å². The third kappa shape index (κ3) is 7.79. The van der Waals surface area contributed by atoms with Crippen LogP contribution < -0.4 is 25.1 Å². The fourth-order valence-electron chi connectivity index (χ4n) is 5.48. The minimum Gasteiger partial charge on any atom is -0.494 e. The van der Waals surface area contributed by atoms with E-state index < -0.39 is 33.1 Å². The molecule has 0 fully saturated rings. The number of aliphatic hydroxyl groups excluding tert-OH is 1. The molecule has 2 aliphatic heterocycles. The number of aliphatic imine (C=N–C) groups is 1. The molecule has 49 heavy (non-hydrogen) atoms. The number of benzene rings is 4. The van der Waals surface area contributed by atoms with Gasteiger partial charge in [-0.15, -0.1) is 0 Å². The minimum absolute atomic E-state index is 0.00701. The number of hydrazine groups is 1. The van der Waals surface area contributed by atoms with Gasteiger partial charge >= 0.3 is 0 Å². The molecule has 0 saturated heterocycles. The zero-order valence-electron chi connectivity index (χ0n) is 26.1. The first-order chi connectivity index (χ1) is 23.7. The summed E-state index contributed by atoms with van der Waals surface area (Å²) < 4.78 is 50.1. The zero-order chi connectivity index (χ0) is 34.4. The molecule has 4 aromatic rings. The van der Waals surface area contributed by atoms with E-state index in [-0.39, 0.29) is 42.2 Å². The summed E-state index contributed by atoms with van der Waals surface area (Å²) in [7, 11) is -3.85. The maximum absolute atomic E-state index is 14.4. The Hall–Kier alpha value is -4.33. The number of carbonyl (C=O) groups excluding carboxylic acids is 1. The average Bonchev–Trinajstić information content (AvgIpc) is 3.74. The van der Waals surface area contributed by atoms with Crippen LogP contribution in [0.2, 0.25) is 10.0 Å². The zero-order valence-corrected chi connectivity index (χ0v) is 28.4. The summed E-state index contributed by atoms with van der Waals surface area (Å²) in [6.45, 7) is 0.685. The summed E-state index contributed by atoms with van der Waals surface area (Å²) in [6, 6.07) is 25.1. The molecule has 2 atom stereocenters. The Morgan fingerprint density at radius 1 is 0.980 bits per heavy atom. The third-order valence-corrected chi connectivity index (χ3v) is 10.4. The number of rotatable bonds is 14. The fraction of sp³-hybridized carbons (Fsp3) is 0.257. The lowest BCUT2D eigenvalue weighted by Crippen LogP contribution is -2.53. The molecule has 0 bridgehead atoms. The van der Waals surface area contributed by atoms with Crippen molar-refractivity contribution in [1.29, 1.82) is 0 Å². The van der Waals surface area contributed by atoms with E-state index in [1.807, 2.05) is 6.07 Å². The maximum atomic E-state index is 14.4. The number of amides is 1. The normalized spacial score (nSPS) is 18.1. The van der Waals surface area contributed by atoms with Crippen molar-refractivity contribution in [3.8, 4) is 17.2 Å². The van der Waals surface area contributed by atoms with Crippen molar-refractivity contribution in [3.05, 3.63) is 118 Å². The van der Waals surface area contributed by atoms with E-state index in [9.17, 15) is 13.2 Å². The molecule has 11 nitrogen and oxygen atoms in total. The Labute approximate surface area is 293 Å². The van der Waals surface area contributed by atoms with Gasteiger partial charge in [0, 0.05) is 47.2 Å². The van der Waals surface area contributed by atoms with Crippen molar-refractivity contribution in [2.24, 2.45) is 4.99 Å². The number of ether oxygens (including phenoxy) is 4.